The average Bonchev–Trinajstić information content (AvgIpc) is 2.96. The fourth-order valence-corrected chi connectivity index (χ4v) is 4.57. The lowest BCUT2D eigenvalue weighted by atomic mass is 9.84. The van der Waals surface area contributed by atoms with Crippen molar-refractivity contribution >= 4 is 39.0 Å². The van der Waals surface area contributed by atoms with Crippen LogP contribution < -0.4 is 4.90 Å². The molecule has 3 heterocycles. The maximum Gasteiger partial charge on any atom is 0.140 e. The predicted molar refractivity (Wildman–Crippen MR) is 98.9 cm³/mol. The summed E-state index contributed by atoms with van der Waals surface area (Å²) in [6, 6.07) is 9.71. The van der Waals surface area contributed by atoms with Crippen LogP contribution in [0.3, 0.4) is 0 Å². The van der Waals surface area contributed by atoms with Gasteiger partial charge in [0.25, 0.3) is 0 Å². The van der Waals surface area contributed by atoms with Crippen LogP contribution in [-0.4, -0.2) is 28.2 Å². The van der Waals surface area contributed by atoms with E-state index in [1.807, 2.05) is 24.3 Å². The van der Waals surface area contributed by atoms with Crippen molar-refractivity contribution < 1.29 is 5.11 Å². The van der Waals surface area contributed by atoms with Crippen LogP contribution in [0.15, 0.2) is 36.7 Å². The second-order valence-electron chi connectivity index (χ2n) is 6.27. The molecule has 0 saturated carbocycles. The van der Waals surface area contributed by atoms with Crippen molar-refractivity contribution in [2.45, 2.75) is 25.4 Å². The van der Waals surface area contributed by atoms with Crippen molar-refractivity contribution in [3.63, 3.8) is 0 Å². The molecule has 1 saturated heterocycles. The van der Waals surface area contributed by atoms with E-state index in [1.165, 1.54) is 4.88 Å². The van der Waals surface area contributed by atoms with Gasteiger partial charge in [0.2, 0.25) is 0 Å². The number of anilines is 1. The number of nitrogens with zero attached hydrogens (tertiary/aromatic N) is 3. The highest BCUT2D eigenvalue weighted by Gasteiger charge is 2.36. The largest absolute Gasteiger partial charge is 0.385 e. The molecular weight excluding hydrogens is 342 g/mol. The molecule has 3 aromatic rings. The first-order chi connectivity index (χ1) is 11.6. The molecule has 1 N–H and O–H groups in total. The zero-order valence-electron chi connectivity index (χ0n) is 13.4. The molecule has 1 aliphatic rings. The Morgan fingerprint density at radius 2 is 1.96 bits per heavy atom. The van der Waals surface area contributed by atoms with Gasteiger partial charge in [-0.2, -0.15) is 0 Å². The molecule has 1 fully saturated rings. The number of halogens is 1. The minimum absolute atomic E-state index is 0.630. The molecular formula is C18H18ClN3OS. The minimum Gasteiger partial charge on any atom is -0.385 e. The highest BCUT2D eigenvalue weighted by Crippen LogP contribution is 2.39. The van der Waals surface area contributed by atoms with Crippen molar-refractivity contribution in [2.75, 3.05) is 18.0 Å². The summed E-state index contributed by atoms with van der Waals surface area (Å²) in [7, 11) is 0. The number of aliphatic hydroxyl groups is 1. The molecule has 1 aromatic carbocycles. The maximum atomic E-state index is 11.1. The van der Waals surface area contributed by atoms with E-state index in [9.17, 15) is 5.11 Å². The summed E-state index contributed by atoms with van der Waals surface area (Å²) in [6.07, 6.45) is 2.89. The van der Waals surface area contributed by atoms with Crippen molar-refractivity contribution in [3.8, 4) is 0 Å². The first-order valence-electron chi connectivity index (χ1n) is 8.00. The van der Waals surface area contributed by atoms with Gasteiger partial charge in [0.15, 0.2) is 0 Å². The second kappa shape index (κ2) is 5.99. The molecule has 0 spiro atoms. The first kappa shape index (κ1) is 15.8. The lowest BCUT2D eigenvalue weighted by Gasteiger charge is -2.39. The fourth-order valence-electron chi connectivity index (χ4n) is 3.41. The number of hydrogen-bond donors (Lipinski definition) is 1. The van der Waals surface area contributed by atoms with Gasteiger partial charge in [0, 0.05) is 28.6 Å². The van der Waals surface area contributed by atoms with Crippen LogP contribution >= 0.6 is 22.9 Å². The Kier molecular flexibility index (Phi) is 3.95. The summed E-state index contributed by atoms with van der Waals surface area (Å²) in [6.45, 7) is 3.56. The number of hydrogen-bond acceptors (Lipinski definition) is 5. The molecule has 1 aliphatic heterocycles. The highest BCUT2D eigenvalue weighted by molar-refractivity contribution is 7.18. The SMILES string of the molecule is Cc1cc2c(N3CCC(O)(c4ccccc4Cl)CC3)ncnc2s1. The number of benzene rings is 1. The molecule has 24 heavy (non-hydrogen) atoms. The van der Waals surface area contributed by atoms with E-state index >= 15 is 0 Å². The molecule has 0 radical (unpaired) electrons. The number of aryl methyl sites for hydroxylation is 1. The summed E-state index contributed by atoms with van der Waals surface area (Å²) in [5.41, 5.74) is -0.0449. The first-order valence-corrected chi connectivity index (χ1v) is 9.20. The van der Waals surface area contributed by atoms with Crippen LogP contribution in [0.2, 0.25) is 5.02 Å². The Bertz CT molecular complexity index is 887. The van der Waals surface area contributed by atoms with E-state index in [0.29, 0.717) is 17.9 Å². The molecule has 6 heteroatoms. The van der Waals surface area contributed by atoms with E-state index < -0.39 is 5.60 Å². The highest BCUT2D eigenvalue weighted by atomic mass is 35.5. The summed E-state index contributed by atoms with van der Waals surface area (Å²) < 4.78 is 0. The number of aromatic nitrogens is 2. The lowest BCUT2D eigenvalue weighted by molar-refractivity contribution is 0.0118. The van der Waals surface area contributed by atoms with Gasteiger partial charge in [-0.15, -0.1) is 11.3 Å². The Hall–Kier alpha value is -1.69. The molecule has 0 unspecified atom stereocenters. The Balaban J connectivity index is 1.61. The maximum absolute atomic E-state index is 11.1. The lowest BCUT2D eigenvalue weighted by Crippen LogP contribution is -2.43. The molecule has 0 amide bonds. The van der Waals surface area contributed by atoms with Crippen LogP contribution in [-0.2, 0) is 5.60 Å². The average molecular weight is 360 g/mol. The molecule has 0 bridgehead atoms. The standard InChI is InChI=1S/C18H18ClN3OS/c1-12-10-13-16(20-11-21-17(13)24-12)22-8-6-18(23,7-9-22)14-4-2-3-5-15(14)19/h2-5,10-11,23H,6-9H2,1H3. The Labute approximate surface area is 149 Å². The van der Waals surface area contributed by atoms with Gasteiger partial charge in [0.1, 0.15) is 17.0 Å². The normalized spacial score (nSPS) is 17.4. The summed E-state index contributed by atoms with van der Waals surface area (Å²) in [4.78, 5) is 13.3. The van der Waals surface area contributed by atoms with Crippen LogP contribution in [0, 0.1) is 6.92 Å². The molecule has 4 rings (SSSR count). The van der Waals surface area contributed by atoms with Gasteiger partial charge >= 0.3 is 0 Å². The monoisotopic (exact) mass is 359 g/mol. The van der Waals surface area contributed by atoms with Crippen LogP contribution in [0.4, 0.5) is 5.82 Å². The Morgan fingerprint density at radius 3 is 2.71 bits per heavy atom. The van der Waals surface area contributed by atoms with E-state index in [4.69, 9.17) is 11.6 Å². The van der Waals surface area contributed by atoms with Crippen LogP contribution in [0.1, 0.15) is 23.3 Å². The number of rotatable bonds is 2. The van der Waals surface area contributed by atoms with E-state index in [0.717, 1.165) is 34.7 Å². The molecule has 124 valence electrons. The van der Waals surface area contributed by atoms with Crippen molar-refractivity contribution in [2.24, 2.45) is 0 Å². The van der Waals surface area contributed by atoms with Gasteiger partial charge in [0.05, 0.1) is 11.0 Å². The molecule has 4 nitrogen and oxygen atoms in total. The van der Waals surface area contributed by atoms with Crippen LogP contribution in [0.5, 0.6) is 0 Å². The third kappa shape index (κ3) is 2.66. The fraction of sp³-hybridized carbons (Fsp3) is 0.333. The number of fused-ring (bicyclic) bond motifs is 1. The third-order valence-electron chi connectivity index (χ3n) is 4.70. The van der Waals surface area contributed by atoms with Gasteiger partial charge < -0.3 is 10.0 Å². The van der Waals surface area contributed by atoms with E-state index in [-0.39, 0.29) is 0 Å². The van der Waals surface area contributed by atoms with Crippen molar-refractivity contribution in [1.29, 1.82) is 0 Å². The van der Waals surface area contributed by atoms with Crippen molar-refractivity contribution in [3.05, 3.63) is 52.1 Å². The summed E-state index contributed by atoms with van der Waals surface area (Å²) in [5.74, 6) is 0.963. The number of piperidine rings is 1. The molecule has 0 aliphatic carbocycles. The van der Waals surface area contributed by atoms with Crippen LogP contribution in [0.25, 0.3) is 10.2 Å². The zero-order chi connectivity index (χ0) is 16.7. The quantitative estimate of drug-likeness (QED) is 0.747. The summed E-state index contributed by atoms with van der Waals surface area (Å²) in [5, 5.41) is 12.8. The van der Waals surface area contributed by atoms with Gasteiger partial charge in [-0.3, -0.25) is 0 Å². The number of thiophene rings is 1. The molecule has 2 aromatic heterocycles. The topological polar surface area (TPSA) is 49.2 Å². The Morgan fingerprint density at radius 1 is 1.21 bits per heavy atom. The minimum atomic E-state index is -0.869. The van der Waals surface area contributed by atoms with Gasteiger partial charge in [-0.05, 0) is 31.9 Å². The van der Waals surface area contributed by atoms with Gasteiger partial charge in [-0.1, -0.05) is 29.8 Å². The van der Waals surface area contributed by atoms with Crippen molar-refractivity contribution in [1.82, 2.24) is 9.97 Å². The molecule has 0 atom stereocenters. The van der Waals surface area contributed by atoms with Gasteiger partial charge in [-0.25, -0.2) is 9.97 Å². The smallest absolute Gasteiger partial charge is 0.140 e. The van der Waals surface area contributed by atoms with E-state index in [2.05, 4.69) is 27.9 Å². The summed E-state index contributed by atoms with van der Waals surface area (Å²) >= 11 is 7.97. The van der Waals surface area contributed by atoms with E-state index in [1.54, 1.807) is 17.7 Å². The predicted octanol–water partition coefficient (Wildman–Crippen LogP) is 4.14. The second-order valence-corrected chi connectivity index (χ2v) is 7.91. The third-order valence-corrected chi connectivity index (χ3v) is 5.99. The zero-order valence-corrected chi connectivity index (χ0v) is 14.9.